The molecule has 1 unspecified atom stereocenters. The van der Waals surface area contributed by atoms with Crippen molar-refractivity contribution in [3.05, 3.63) is 34.9 Å². The van der Waals surface area contributed by atoms with E-state index in [1.165, 1.54) is 48.8 Å². The highest BCUT2D eigenvalue weighted by atomic mass is 14.7. The smallest absolute Gasteiger partial charge is 0.0349 e. The summed E-state index contributed by atoms with van der Waals surface area (Å²) < 4.78 is 0. The molecule has 0 saturated heterocycles. The maximum atomic E-state index is 6.52. The molecule has 1 atom stereocenters. The number of hydrogen-bond donors (Lipinski definition) is 1. The van der Waals surface area contributed by atoms with Crippen molar-refractivity contribution in [2.75, 3.05) is 0 Å². The first kappa shape index (κ1) is 12.6. The fourth-order valence-electron chi connectivity index (χ4n) is 3.03. The summed E-state index contributed by atoms with van der Waals surface area (Å²) in [6.07, 6.45) is 6.63. The topological polar surface area (TPSA) is 26.0 Å². The minimum atomic E-state index is 0.196. The van der Waals surface area contributed by atoms with E-state index in [2.05, 4.69) is 39.0 Å². The Hall–Kier alpha value is -0.820. The molecule has 1 saturated carbocycles. The van der Waals surface area contributed by atoms with Crippen molar-refractivity contribution in [2.45, 2.75) is 58.9 Å². The number of rotatable bonds is 2. The zero-order valence-electron chi connectivity index (χ0n) is 11.4. The molecule has 1 nitrogen and oxygen atoms in total. The van der Waals surface area contributed by atoms with Crippen LogP contribution in [0.25, 0.3) is 0 Å². The van der Waals surface area contributed by atoms with Crippen LogP contribution in [-0.4, -0.2) is 0 Å². The van der Waals surface area contributed by atoms with Gasteiger partial charge in [-0.1, -0.05) is 44.4 Å². The predicted octanol–water partition coefficient (Wildman–Crippen LogP) is 4.27. The van der Waals surface area contributed by atoms with Crippen molar-refractivity contribution < 1.29 is 0 Å². The van der Waals surface area contributed by atoms with Gasteiger partial charge in [-0.2, -0.15) is 0 Å². The molecule has 17 heavy (non-hydrogen) atoms. The normalized spacial score (nSPS) is 21.2. The summed E-state index contributed by atoms with van der Waals surface area (Å²) in [5.74, 6) is 0. The van der Waals surface area contributed by atoms with Crippen LogP contribution in [0.5, 0.6) is 0 Å². The quantitative estimate of drug-likeness (QED) is 0.808. The Kier molecular flexibility index (Phi) is 3.58. The third kappa shape index (κ3) is 2.55. The number of hydrogen-bond acceptors (Lipinski definition) is 1. The van der Waals surface area contributed by atoms with Gasteiger partial charge in [-0.3, -0.25) is 0 Å². The molecule has 0 spiro atoms. The van der Waals surface area contributed by atoms with E-state index >= 15 is 0 Å². The van der Waals surface area contributed by atoms with Crippen LogP contribution < -0.4 is 5.73 Å². The Morgan fingerprint density at radius 2 is 1.71 bits per heavy atom. The van der Waals surface area contributed by atoms with Crippen LogP contribution in [0.3, 0.4) is 0 Å². The van der Waals surface area contributed by atoms with Gasteiger partial charge >= 0.3 is 0 Å². The van der Waals surface area contributed by atoms with E-state index in [1.807, 2.05) is 0 Å². The molecule has 2 rings (SSSR count). The molecule has 0 heterocycles. The third-order valence-electron chi connectivity index (χ3n) is 4.64. The van der Waals surface area contributed by atoms with Gasteiger partial charge in [0.15, 0.2) is 0 Å². The average molecular weight is 231 g/mol. The van der Waals surface area contributed by atoms with Crippen molar-refractivity contribution in [3.8, 4) is 0 Å². The van der Waals surface area contributed by atoms with Crippen LogP contribution in [-0.2, 0) is 0 Å². The van der Waals surface area contributed by atoms with Crippen LogP contribution >= 0.6 is 0 Å². The molecule has 94 valence electrons. The second-order valence-corrected chi connectivity index (χ2v) is 6.04. The van der Waals surface area contributed by atoms with Crippen molar-refractivity contribution in [2.24, 2.45) is 11.1 Å². The average Bonchev–Trinajstić information content (AvgIpc) is 2.33. The molecule has 0 aromatic heterocycles. The lowest BCUT2D eigenvalue weighted by atomic mass is 9.69. The summed E-state index contributed by atoms with van der Waals surface area (Å²) in [6, 6.07) is 6.89. The van der Waals surface area contributed by atoms with E-state index in [9.17, 15) is 0 Å². The van der Waals surface area contributed by atoms with Crippen LogP contribution in [0.4, 0.5) is 0 Å². The maximum Gasteiger partial charge on any atom is 0.0349 e. The first-order valence-electron chi connectivity index (χ1n) is 6.86. The highest BCUT2D eigenvalue weighted by Gasteiger charge is 2.33. The van der Waals surface area contributed by atoms with Crippen LogP contribution in [0.2, 0.25) is 0 Å². The van der Waals surface area contributed by atoms with E-state index < -0.39 is 0 Å². The van der Waals surface area contributed by atoms with Gasteiger partial charge < -0.3 is 5.73 Å². The largest absolute Gasteiger partial charge is 0.323 e. The molecule has 1 aliphatic carbocycles. The first-order chi connectivity index (χ1) is 8.03. The summed E-state index contributed by atoms with van der Waals surface area (Å²) in [6.45, 7) is 6.70. The zero-order chi connectivity index (χ0) is 12.5. The monoisotopic (exact) mass is 231 g/mol. The van der Waals surface area contributed by atoms with Crippen LogP contribution in [0.1, 0.15) is 61.8 Å². The molecule has 0 radical (unpaired) electrons. The van der Waals surface area contributed by atoms with Gasteiger partial charge in [0.25, 0.3) is 0 Å². The minimum Gasteiger partial charge on any atom is -0.323 e. The molecule has 2 N–H and O–H groups in total. The molecule has 1 heteroatoms. The van der Waals surface area contributed by atoms with Gasteiger partial charge in [0.05, 0.1) is 0 Å². The SMILES string of the molecule is Cc1ccc(C(N)C2(C)CCCCC2)cc1C. The second kappa shape index (κ2) is 4.81. The highest BCUT2D eigenvalue weighted by Crippen LogP contribution is 2.44. The molecule has 0 aliphatic heterocycles. The summed E-state index contributed by atoms with van der Waals surface area (Å²) in [4.78, 5) is 0. The van der Waals surface area contributed by atoms with Crippen molar-refractivity contribution >= 4 is 0 Å². The standard InChI is InChI=1S/C16H25N/c1-12-7-8-14(11-13(12)2)15(17)16(3)9-5-4-6-10-16/h7-8,11,15H,4-6,9-10,17H2,1-3H3. The Labute approximate surface area is 105 Å². The lowest BCUT2D eigenvalue weighted by Crippen LogP contribution is -2.33. The molecule has 0 bridgehead atoms. The van der Waals surface area contributed by atoms with E-state index in [1.54, 1.807) is 0 Å². The van der Waals surface area contributed by atoms with E-state index in [4.69, 9.17) is 5.73 Å². The summed E-state index contributed by atoms with van der Waals surface area (Å²) in [7, 11) is 0. The molecule has 1 aromatic carbocycles. The van der Waals surface area contributed by atoms with Gasteiger partial charge in [-0.05, 0) is 48.8 Å². The lowest BCUT2D eigenvalue weighted by Gasteiger charge is -2.39. The van der Waals surface area contributed by atoms with Gasteiger partial charge in [0, 0.05) is 6.04 Å². The van der Waals surface area contributed by atoms with Crippen LogP contribution in [0, 0.1) is 19.3 Å². The summed E-state index contributed by atoms with van der Waals surface area (Å²) in [5.41, 5.74) is 10.9. The molecular formula is C16H25N. The highest BCUT2D eigenvalue weighted by molar-refractivity contribution is 5.32. The first-order valence-corrected chi connectivity index (χ1v) is 6.86. The van der Waals surface area contributed by atoms with Crippen molar-refractivity contribution in [1.29, 1.82) is 0 Å². The van der Waals surface area contributed by atoms with E-state index in [0.29, 0.717) is 5.41 Å². The fraction of sp³-hybridized carbons (Fsp3) is 0.625. The molecule has 1 aliphatic rings. The Balaban J connectivity index is 2.23. The zero-order valence-corrected chi connectivity index (χ0v) is 11.4. The van der Waals surface area contributed by atoms with Crippen LogP contribution in [0.15, 0.2) is 18.2 Å². The number of nitrogens with two attached hydrogens (primary N) is 1. The van der Waals surface area contributed by atoms with Gasteiger partial charge in [-0.15, -0.1) is 0 Å². The molecule has 1 fully saturated rings. The van der Waals surface area contributed by atoms with E-state index in [-0.39, 0.29) is 6.04 Å². The minimum absolute atomic E-state index is 0.196. The second-order valence-electron chi connectivity index (χ2n) is 6.04. The Bertz CT molecular complexity index is 389. The molecule has 0 amide bonds. The van der Waals surface area contributed by atoms with Gasteiger partial charge in [-0.25, -0.2) is 0 Å². The fourth-order valence-corrected chi connectivity index (χ4v) is 3.03. The van der Waals surface area contributed by atoms with E-state index in [0.717, 1.165) is 0 Å². The number of benzene rings is 1. The lowest BCUT2D eigenvalue weighted by molar-refractivity contribution is 0.170. The summed E-state index contributed by atoms with van der Waals surface area (Å²) in [5, 5.41) is 0. The number of aryl methyl sites for hydroxylation is 2. The predicted molar refractivity (Wildman–Crippen MR) is 74.0 cm³/mol. The van der Waals surface area contributed by atoms with Crippen molar-refractivity contribution in [3.63, 3.8) is 0 Å². The Morgan fingerprint density at radius 3 is 2.29 bits per heavy atom. The third-order valence-corrected chi connectivity index (χ3v) is 4.64. The maximum absolute atomic E-state index is 6.52. The Morgan fingerprint density at radius 1 is 1.06 bits per heavy atom. The van der Waals surface area contributed by atoms with Gasteiger partial charge in [0.2, 0.25) is 0 Å². The molecular weight excluding hydrogens is 206 g/mol. The summed E-state index contributed by atoms with van der Waals surface area (Å²) >= 11 is 0. The van der Waals surface area contributed by atoms with Gasteiger partial charge in [0.1, 0.15) is 0 Å². The van der Waals surface area contributed by atoms with Crippen molar-refractivity contribution in [1.82, 2.24) is 0 Å². The molecule has 1 aromatic rings.